The fourth-order valence-corrected chi connectivity index (χ4v) is 2.21. The number of carbonyl (C=O) groups excluding carboxylic acids is 1. The van der Waals surface area contributed by atoms with Gasteiger partial charge in [-0.05, 0) is 19.4 Å². The van der Waals surface area contributed by atoms with E-state index in [1.54, 1.807) is 0 Å². The van der Waals surface area contributed by atoms with Crippen LogP contribution in [0.15, 0.2) is 0 Å². The third kappa shape index (κ3) is 4.28. The minimum absolute atomic E-state index is 0.294. The number of rotatable bonds is 8. The highest BCUT2D eigenvalue weighted by Crippen LogP contribution is 2.06. The fourth-order valence-electron chi connectivity index (χ4n) is 2.21. The molecule has 0 saturated carbocycles. The van der Waals surface area contributed by atoms with Crippen molar-refractivity contribution in [2.24, 2.45) is 0 Å². The molecule has 0 spiro atoms. The van der Waals surface area contributed by atoms with Crippen LogP contribution in [0.5, 0.6) is 0 Å². The average Bonchev–Trinajstić information content (AvgIpc) is 2.25. The van der Waals surface area contributed by atoms with Crippen LogP contribution in [0, 0.1) is 0 Å². The molecule has 1 N–H and O–H groups in total. The van der Waals surface area contributed by atoms with Gasteiger partial charge in [-0.2, -0.15) is 0 Å². The third-order valence-electron chi connectivity index (χ3n) is 3.36. The average molecular weight is 241 g/mol. The van der Waals surface area contributed by atoms with E-state index in [4.69, 9.17) is 0 Å². The molecule has 100 valence electrons. The molecule has 0 aromatic heterocycles. The second kappa shape index (κ2) is 7.67. The van der Waals surface area contributed by atoms with Crippen molar-refractivity contribution in [1.29, 1.82) is 0 Å². The van der Waals surface area contributed by atoms with Crippen molar-refractivity contribution >= 4 is 5.91 Å². The van der Waals surface area contributed by atoms with Gasteiger partial charge < -0.3 is 10.2 Å². The Bertz CT molecular complexity index is 223. The van der Waals surface area contributed by atoms with Gasteiger partial charge in [0.15, 0.2) is 0 Å². The van der Waals surface area contributed by atoms with Crippen molar-refractivity contribution in [3.05, 3.63) is 0 Å². The maximum atomic E-state index is 12.2. The molecule has 17 heavy (non-hydrogen) atoms. The van der Waals surface area contributed by atoms with Crippen LogP contribution in [-0.2, 0) is 4.79 Å². The van der Waals surface area contributed by atoms with Crippen LogP contribution in [0.25, 0.3) is 0 Å². The summed E-state index contributed by atoms with van der Waals surface area (Å²) in [5, 5.41) is 3.26. The minimum atomic E-state index is 0.294. The zero-order valence-electron chi connectivity index (χ0n) is 11.5. The molecule has 1 fully saturated rings. The zero-order chi connectivity index (χ0) is 12.7. The summed E-state index contributed by atoms with van der Waals surface area (Å²) in [5.41, 5.74) is 0. The first kappa shape index (κ1) is 14.5. The molecule has 1 aliphatic rings. The molecule has 1 amide bonds. The van der Waals surface area contributed by atoms with Crippen LogP contribution < -0.4 is 5.32 Å². The molecular formula is C13H27N3O. The van der Waals surface area contributed by atoms with Gasteiger partial charge in [0.1, 0.15) is 0 Å². The molecule has 1 rings (SSSR count). The number of amides is 1. The Balaban J connectivity index is 2.42. The van der Waals surface area contributed by atoms with E-state index < -0.39 is 0 Å². The molecule has 4 heteroatoms. The summed E-state index contributed by atoms with van der Waals surface area (Å²) < 4.78 is 0. The largest absolute Gasteiger partial charge is 0.342 e. The molecular weight excluding hydrogens is 214 g/mol. The second-order valence-corrected chi connectivity index (χ2v) is 4.76. The first-order valence-corrected chi connectivity index (χ1v) is 6.95. The molecule has 0 aromatic rings. The van der Waals surface area contributed by atoms with Crippen LogP contribution in [0.2, 0.25) is 0 Å². The standard InChI is InChI=1S/C13H27N3O/c1-4-7-16(8-5-2)13(17)11-15(6-3)12-9-14-10-12/h12,14H,4-11H2,1-3H3. The monoisotopic (exact) mass is 241 g/mol. The molecule has 1 aliphatic heterocycles. The number of carbonyl (C=O) groups is 1. The molecule has 1 saturated heterocycles. The summed E-state index contributed by atoms with van der Waals surface area (Å²) in [6.45, 7) is 11.8. The number of hydrogen-bond donors (Lipinski definition) is 1. The number of hydrogen-bond acceptors (Lipinski definition) is 3. The predicted octanol–water partition coefficient (Wildman–Crippen LogP) is 0.929. The number of nitrogens with one attached hydrogen (secondary N) is 1. The Morgan fingerprint density at radius 1 is 1.18 bits per heavy atom. The maximum Gasteiger partial charge on any atom is 0.236 e. The van der Waals surface area contributed by atoms with Gasteiger partial charge in [-0.15, -0.1) is 0 Å². The highest BCUT2D eigenvalue weighted by Gasteiger charge is 2.26. The lowest BCUT2D eigenvalue weighted by atomic mass is 10.1. The van der Waals surface area contributed by atoms with Crippen LogP contribution >= 0.6 is 0 Å². The van der Waals surface area contributed by atoms with Gasteiger partial charge in [0.25, 0.3) is 0 Å². The Morgan fingerprint density at radius 3 is 2.12 bits per heavy atom. The summed E-state index contributed by atoms with van der Waals surface area (Å²) in [5.74, 6) is 0.294. The SMILES string of the molecule is CCCN(CCC)C(=O)CN(CC)C1CNC1. The van der Waals surface area contributed by atoms with E-state index in [0.29, 0.717) is 18.5 Å². The third-order valence-corrected chi connectivity index (χ3v) is 3.36. The van der Waals surface area contributed by atoms with E-state index in [0.717, 1.165) is 45.6 Å². The highest BCUT2D eigenvalue weighted by atomic mass is 16.2. The molecule has 0 radical (unpaired) electrons. The van der Waals surface area contributed by atoms with Crippen LogP contribution in [0.3, 0.4) is 0 Å². The summed E-state index contributed by atoms with van der Waals surface area (Å²) in [4.78, 5) is 16.5. The summed E-state index contributed by atoms with van der Waals surface area (Å²) in [7, 11) is 0. The molecule has 4 nitrogen and oxygen atoms in total. The maximum absolute atomic E-state index is 12.2. The predicted molar refractivity (Wildman–Crippen MR) is 71.1 cm³/mol. The lowest BCUT2D eigenvalue weighted by molar-refractivity contribution is -0.133. The van der Waals surface area contributed by atoms with Crippen LogP contribution in [-0.4, -0.2) is 61.0 Å². The smallest absolute Gasteiger partial charge is 0.236 e. The topological polar surface area (TPSA) is 35.6 Å². The van der Waals surface area contributed by atoms with Crippen LogP contribution in [0.1, 0.15) is 33.6 Å². The Hall–Kier alpha value is -0.610. The van der Waals surface area contributed by atoms with Gasteiger partial charge in [-0.25, -0.2) is 0 Å². The Labute approximate surface area is 105 Å². The molecule has 1 heterocycles. The van der Waals surface area contributed by atoms with E-state index in [2.05, 4.69) is 31.0 Å². The highest BCUT2D eigenvalue weighted by molar-refractivity contribution is 5.78. The molecule has 0 atom stereocenters. The number of nitrogens with zero attached hydrogens (tertiary/aromatic N) is 2. The van der Waals surface area contributed by atoms with E-state index in [-0.39, 0.29) is 0 Å². The summed E-state index contributed by atoms with van der Waals surface area (Å²) in [6.07, 6.45) is 2.09. The van der Waals surface area contributed by atoms with Gasteiger partial charge in [0, 0.05) is 32.2 Å². The van der Waals surface area contributed by atoms with Crippen molar-refractivity contribution in [3.8, 4) is 0 Å². The molecule has 0 bridgehead atoms. The Morgan fingerprint density at radius 2 is 1.76 bits per heavy atom. The van der Waals surface area contributed by atoms with Crippen molar-refractivity contribution < 1.29 is 4.79 Å². The van der Waals surface area contributed by atoms with Crippen molar-refractivity contribution in [2.75, 3.05) is 39.3 Å². The minimum Gasteiger partial charge on any atom is -0.342 e. The van der Waals surface area contributed by atoms with Gasteiger partial charge in [0.05, 0.1) is 6.54 Å². The van der Waals surface area contributed by atoms with Crippen LogP contribution in [0.4, 0.5) is 0 Å². The number of likely N-dealkylation sites (N-methyl/N-ethyl adjacent to an activating group) is 1. The first-order chi connectivity index (χ1) is 8.22. The lowest BCUT2D eigenvalue weighted by Crippen LogP contribution is -2.59. The quantitative estimate of drug-likeness (QED) is 0.686. The van der Waals surface area contributed by atoms with Gasteiger partial charge in [-0.3, -0.25) is 9.69 Å². The second-order valence-electron chi connectivity index (χ2n) is 4.76. The van der Waals surface area contributed by atoms with Crippen molar-refractivity contribution in [3.63, 3.8) is 0 Å². The molecule has 0 aromatic carbocycles. The first-order valence-electron chi connectivity index (χ1n) is 6.95. The van der Waals surface area contributed by atoms with Gasteiger partial charge in [-0.1, -0.05) is 20.8 Å². The van der Waals surface area contributed by atoms with Crippen molar-refractivity contribution in [1.82, 2.24) is 15.1 Å². The zero-order valence-corrected chi connectivity index (χ0v) is 11.5. The fraction of sp³-hybridized carbons (Fsp3) is 0.923. The van der Waals surface area contributed by atoms with E-state index in [9.17, 15) is 4.79 Å². The van der Waals surface area contributed by atoms with E-state index in [1.807, 2.05) is 4.90 Å². The summed E-state index contributed by atoms with van der Waals surface area (Å²) in [6, 6.07) is 0.564. The molecule has 0 aliphatic carbocycles. The normalized spacial score (nSPS) is 16.0. The summed E-state index contributed by atoms with van der Waals surface area (Å²) >= 11 is 0. The Kier molecular flexibility index (Phi) is 6.52. The van der Waals surface area contributed by atoms with E-state index in [1.165, 1.54) is 0 Å². The molecule has 0 unspecified atom stereocenters. The lowest BCUT2D eigenvalue weighted by Gasteiger charge is -2.38. The van der Waals surface area contributed by atoms with Gasteiger partial charge >= 0.3 is 0 Å². The van der Waals surface area contributed by atoms with Crippen molar-refractivity contribution in [2.45, 2.75) is 39.7 Å². The van der Waals surface area contributed by atoms with E-state index >= 15 is 0 Å². The van der Waals surface area contributed by atoms with Gasteiger partial charge in [0.2, 0.25) is 5.91 Å².